The number of aliphatic imine (C=N–C) groups is 4. The molecule has 0 bridgehead atoms. The predicted molar refractivity (Wildman–Crippen MR) is 146 cm³/mol. The van der Waals surface area contributed by atoms with Crippen LogP contribution in [-0.4, -0.2) is 24.3 Å². The maximum atomic E-state index is 10.4. The minimum Gasteiger partial charge on any atom is -0.211 e. The molecule has 0 amide bonds. The van der Waals surface area contributed by atoms with E-state index in [2.05, 4.69) is 46.8 Å². The van der Waals surface area contributed by atoms with Crippen LogP contribution in [0.4, 0.5) is 11.4 Å². The van der Waals surface area contributed by atoms with E-state index in [0.29, 0.717) is 24.5 Å². The number of isocyanates is 4. The first-order chi connectivity index (χ1) is 18.6. The number of benzene rings is 3. The summed E-state index contributed by atoms with van der Waals surface area (Å²) in [7, 11) is 0. The van der Waals surface area contributed by atoms with Gasteiger partial charge in [-0.05, 0) is 82.5 Å². The van der Waals surface area contributed by atoms with Crippen molar-refractivity contribution in [3.63, 3.8) is 0 Å². The smallest absolute Gasteiger partial charge is 0.211 e. The van der Waals surface area contributed by atoms with E-state index in [-0.39, 0.29) is 0 Å². The highest BCUT2D eigenvalue weighted by molar-refractivity contribution is 5.68. The fourth-order valence-corrected chi connectivity index (χ4v) is 4.19. The van der Waals surface area contributed by atoms with Gasteiger partial charge in [-0.1, -0.05) is 51.1 Å². The summed E-state index contributed by atoms with van der Waals surface area (Å²) in [4.78, 5) is 55.5. The average Bonchev–Trinajstić information content (AvgIpc) is 2.96. The van der Waals surface area contributed by atoms with Crippen molar-refractivity contribution >= 4 is 35.7 Å². The monoisotopic (exact) mass is 508 g/mol. The second-order valence-corrected chi connectivity index (χ2v) is 8.01. The van der Waals surface area contributed by atoms with Gasteiger partial charge in [0.05, 0.1) is 24.5 Å². The summed E-state index contributed by atoms with van der Waals surface area (Å²) in [6.07, 6.45) is 8.79. The van der Waals surface area contributed by atoms with E-state index >= 15 is 0 Å². The topological polar surface area (TPSA) is 118 Å². The molecular weight excluding hydrogens is 480 g/mol. The highest BCUT2D eigenvalue weighted by Gasteiger charge is 2.15. The molecular formula is C30H28N4O4. The molecule has 0 aliphatic rings. The first-order valence-corrected chi connectivity index (χ1v) is 12.1. The van der Waals surface area contributed by atoms with Crippen molar-refractivity contribution in [2.75, 3.05) is 0 Å². The van der Waals surface area contributed by atoms with E-state index in [1.165, 1.54) is 23.3 Å². The molecule has 3 aromatic carbocycles. The summed E-state index contributed by atoms with van der Waals surface area (Å²) in [5, 5.41) is 0. The van der Waals surface area contributed by atoms with Crippen molar-refractivity contribution in [1.82, 2.24) is 0 Å². The van der Waals surface area contributed by atoms with E-state index in [0.717, 1.165) is 47.1 Å². The lowest BCUT2D eigenvalue weighted by atomic mass is 9.88. The highest BCUT2D eigenvalue weighted by atomic mass is 16.1. The van der Waals surface area contributed by atoms with E-state index in [9.17, 15) is 19.2 Å². The van der Waals surface area contributed by atoms with Gasteiger partial charge in [0, 0.05) is 0 Å². The maximum Gasteiger partial charge on any atom is 0.240 e. The molecule has 0 heterocycles. The van der Waals surface area contributed by atoms with Gasteiger partial charge in [0.25, 0.3) is 0 Å². The molecule has 0 atom stereocenters. The standard InChI is InChI=1S/C16H20N2O2.C14H8N2O2/c1-4-12-7-13(5-2)16(9-18-11-20)14(6-3)15(12)8-17-10-19;17-9-15-13-5-1-11(2-6-13)12-3-7-14(8-4-12)16-10-18/h7H,4-6,8-9H2,1-3H3;1-8H. The van der Waals surface area contributed by atoms with Gasteiger partial charge < -0.3 is 0 Å². The predicted octanol–water partition coefficient (Wildman–Crippen LogP) is 6.33. The first-order valence-electron chi connectivity index (χ1n) is 12.1. The molecule has 0 saturated heterocycles. The number of carbonyl (C=O) groups excluding carboxylic acids is 4. The Morgan fingerprint density at radius 3 is 1.21 bits per heavy atom. The summed E-state index contributed by atoms with van der Waals surface area (Å²) in [6, 6.07) is 16.5. The Labute approximate surface area is 221 Å². The Hall–Kier alpha value is -4.82. The summed E-state index contributed by atoms with van der Waals surface area (Å²) in [6.45, 7) is 6.93. The van der Waals surface area contributed by atoms with Crippen LogP contribution in [0.5, 0.6) is 0 Å². The quantitative estimate of drug-likeness (QED) is 0.235. The zero-order valence-corrected chi connectivity index (χ0v) is 21.7. The molecule has 3 rings (SSSR count). The number of hydrogen-bond acceptors (Lipinski definition) is 8. The van der Waals surface area contributed by atoms with Crippen molar-refractivity contribution in [2.24, 2.45) is 20.0 Å². The van der Waals surface area contributed by atoms with E-state index in [1.807, 2.05) is 24.3 Å². The van der Waals surface area contributed by atoms with Crippen LogP contribution in [0.3, 0.4) is 0 Å². The molecule has 192 valence electrons. The molecule has 0 spiro atoms. The van der Waals surface area contributed by atoms with Crippen LogP contribution >= 0.6 is 0 Å². The lowest BCUT2D eigenvalue weighted by Gasteiger charge is -2.19. The van der Waals surface area contributed by atoms with Gasteiger partial charge in [-0.3, -0.25) is 0 Å². The Kier molecular flexibility index (Phi) is 12.4. The number of aryl methyl sites for hydroxylation is 2. The van der Waals surface area contributed by atoms with Crippen molar-refractivity contribution < 1.29 is 19.2 Å². The average molecular weight is 509 g/mol. The highest BCUT2D eigenvalue weighted by Crippen LogP contribution is 2.27. The van der Waals surface area contributed by atoms with Crippen LogP contribution in [0.15, 0.2) is 74.6 Å². The second-order valence-electron chi connectivity index (χ2n) is 8.01. The molecule has 0 aliphatic heterocycles. The van der Waals surface area contributed by atoms with Gasteiger partial charge in [-0.2, -0.15) is 9.98 Å². The molecule has 3 aromatic rings. The van der Waals surface area contributed by atoms with Gasteiger partial charge in [0.2, 0.25) is 24.3 Å². The second kappa shape index (κ2) is 16.0. The summed E-state index contributed by atoms with van der Waals surface area (Å²) in [5.41, 5.74) is 8.82. The van der Waals surface area contributed by atoms with Gasteiger partial charge >= 0.3 is 0 Å². The van der Waals surface area contributed by atoms with E-state index < -0.39 is 0 Å². The number of rotatable bonds is 10. The molecule has 0 saturated carbocycles. The van der Waals surface area contributed by atoms with Crippen LogP contribution < -0.4 is 0 Å². The van der Waals surface area contributed by atoms with Crippen LogP contribution in [0, 0.1) is 0 Å². The molecule has 8 nitrogen and oxygen atoms in total. The Morgan fingerprint density at radius 1 is 0.526 bits per heavy atom. The SMILES string of the molecule is CCc1cc(CC)c(CN=C=O)c(CC)c1CN=C=O.O=C=Nc1ccc(-c2ccc(N=C=O)cc2)cc1. The van der Waals surface area contributed by atoms with Gasteiger partial charge in [-0.15, -0.1) is 0 Å². The van der Waals surface area contributed by atoms with Gasteiger partial charge in [0.1, 0.15) is 0 Å². The summed E-state index contributed by atoms with van der Waals surface area (Å²) in [5.74, 6) is 0. The third kappa shape index (κ3) is 8.11. The Bertz CT molecular complexity index is 1310. The number of hydrogen-bond donors (Lipinski definition) is 0. The fraction of sp³-hybridized carbons (Fsp3) is 0.267. The molecule has 8 heteroatoms. The Balaban J connectivity index is 0.000000268. The third-order valence-corrected chi connectivity index (χ3v) is 5.99. The first kappa shape index (κ1) is 29.4. The maximum absolute atomic E-state index is 10.4. The van der Waals surface area contributed by atoms with Crippen molar-refractivity contribution in [3.05, 3.63) is 82.4 Å². The van der Waals surface area contributed by atoms with Crippen molar-refractivity contribution in [1.29, 1.82) is 0 Å². The van der Waals surface area contributed by atoms with E-state index in [4.69, 9.17) is 0 Å². The van der Waals surface area contributed by atoms with Crippen LogP contribution in [-0.2, 0) is 51.5 Å². The van der Waals surface area contributed by atoms with Crippen LogP contribution in [0.2, 0.25) is 0 Å². The summed E-state index contributed by atoms with van der Waals surface area (Å²) < 4.78 is 0. The van der Waals surface area contributed by atoms with Crippen LogP contribution in [0.1, 0.15) is 48.6 Å². The molecule has 0 fully saturated rings. The molecule has 38 heavy (non-hydrogen) atoms. The van der Waals surface area contributed by atoms with Crippen LogP contribution in [0.25, 0.3) is 11.1 Å². The minimum atomic E-state index is 0.345. The number of nitrogens with zero attached hydrogens (tertiary/aromatic N) is 4. The zero-order chi connectivity index (χ0) is 27.8. The minimum absolute atomic E-state index is 0.345. The third-order valence-electron chi connectivity index (χ3n) is 5.99. The van der Waals surface area contributed by atoms with Gasteiger partial charge in [0.15, 0.2) is 0 Å². The largest absolute Gasteiger partial charge is 0.240 e. The lowest BCUT2D eigenvalue weighted by molar-refractivity contribution is 0.562. The van der Waals surface area contributed by atoms with E-state index in [1.54, 1.807) is 36.4 Å². The molecule has 0 radical (unpaired) electrons. The molecule has 0 aliphatic carbocycles. The normalized spacial score (nSPS) is 9.45. The Morgan fingerprint density at radius 2 is 0.921 bits per heavy atom. The lowest BCUT2D eigenvalue weighted by Crippen LogP contribution is -2.07. The fourth-order valence-electron chi connectivity index (χ4n) is 4.19. The summed E-state index contributed by atoms with van der Waals surface area (Å²) >= 11 is 0. The zero-order valence-electron chi connectivity index (χ0n) is 21.7. The molecule has 0 N–H and O–H groups in total. The van der Waals surface area contributed by atoms with Crippen molar-refractivity contribution in [2.45, 2.75) is 53.1 Å². The van der Waals surface area contributed by atoms with Gasteiger partial charge in [-0.25, -0.2) is 29.2 Å². The molecule has 0 aromatic heterocycles. The molecule has 0 unspecified atom stereocenters. The van der Waals surface area contributed by atoms with Crippen molar-refractivity contribution in [3.8, 4) is 11.1 Å².